The Morgan fingerprint density at radius 3 is 0.932 bits per heavy atom. The molecule has 5 N–H and O–H groups in total. The highest BCUT2D eigenvalue weighted by molar-refractivity contribution is 5.93. The molecule has 0 heterocycles. The van der Waals surface area contributed by atoms with Crippen LogP contribution in [0.2, 0.25) is 0 Å². The zero-order chi connectivity index (χ0) is 56.8. The van der Waals surface area contributed by atoms with E-state index in [-0.39, 0.29) is 39.1 Å². The van der Waals surface area contributed by atoms with Crippen molar-refractivity contribution < 1.29 is 68.5 Å². The van der Waals surface area contributed by atoms with E-state index in [1.165, 1.54) is 0 Å². The molecule has 436 valence electrons. The summed E-state index contributed by atoms with van der Waals surface area (Å²) in [6.07, 6.45) is 19.0. The lowest BCUT2D eigenvalue weighted by Gasteiger charge is -2.45. The van der Waals surface area contributed by atoms with Crippen LogP contribution in [0, 0.1) is 46.8 Å². The Hall–Kier alpha value is -3.26. The fraction of sp³-hybridized carbons (Fsp3) is 0.900. The number of hydrogen-bond acceptors (Lipinski definition) is 11. The van der Waals surface area contributed by atoms with Gasteiger partial charge in [-0.05, 0) is 74.0 Å². The van der Waals surface area contributed by atoms with E-state index < -0.39 is 71.2 Å². The minimum atomic E-state index is -2.89. The molecule has 0 radical (unpaired) electrons. The average Bonchev–Trinajstić information content (AvgIpc) is 3.29. The van der Waals surface area contributed by atoms with E-state index in [1.54, 1.807) is 0 Å². The standard InChI is InChI=1S/2C30H56O7/c1-24(2)16-10-7-13-19-35-27(31)22-30(34,29(33)37-21-15-9-12-18-26(5)6)23-28(32)36-20-14-8-11-17-25(3)4;1-22(2)16-10-7-13-19-25(26(31)32)30(37,28(35)36)29(27(33)34,20-14-8-11-17-23(3)4)21-15-9-12-18-24(5)6/h24-26,34H,7-23H2,1-6H3;22-25,37H,7-21H2,1-6H3,(H,31,32)(H,33,34)(H,35,36). The van der Waals surface area contributed by atoms with Crippen molar-refractivity contribution in [3.05, 3.63) is 0 Å². The van der Waals surface area contributed by atoms with Gasteiger partial charge in [-0.2, -0.15) is 0 Å². The maximum atomic E-state index is 12.9. The van der Waals surface area contributed by atoms with E-state index in [2.05, 4.69) is 83.1 Å². The van der Waals surface area contributed by atoms with Gasteiger partial charge < -0.3 is 39.7 Å². The van der Waals surface area contributed by atoms with Crippen molar-refractivity contribution in [3.8, 4) is 0 Å². The summed E-state index contributed by atoms with van der Waals surface area (Å²) in [5.41, 5.74) is -7.24. The second kappa shape index (κ2) is 41.8. The van der Waals surface area contributed by atoms with Crippen molar-refractivity contribution in [1.29, 1.82) is 0 Å². The maximum absolute atomic E-state index is 12.9. The smallest absolute Gasteiger partial charge is 0.339 e. The number of hydrogen-bond donors (Lipinski definition) is 5. The van der Waals surface area contributed by atoms with E-state index in [4.69, 9.17) is 14.2 Å². The molecule has 14 heteroatoms. The minimum absolute atomic E-state index is 0.0511. The fourth-order valence-electron chi connectivity index (χ4n) is 9.42. The van der Waals surface area contributed by atoms with E-state index >= 15 is 0 Å². The number of carbonyl (C=O) groups is 6. The molecule has 0 aromatic heterocycles. The third-order valence-corrected chi connectivity index (χ3v) is 14.1. The number of carbonyl (C=O) groups excluding carboxylic acids is 3. The molecule has 2 atom stereocenters. The number of ether oxygens (including phenoxy) is 3. The molecule has 2 unspecified atom stereocenters. The summed E-state index contributed by atoms with van der Waals surface area (Å²) in [6.45, 7) is 26.2. The highest BCUT2D eigenvalue weighted by atomic mass is 16.6. The normalized spacial score (nSPS) is 13.3. The Bertz CT molecular complexity index is 1450. The summed E-state index contributed by atoms with van der Waals surface area (Å²) in [5, 5.41) is 53.6. The van der Waals surface area contributed by atoms with Crippen molar-refractivity contribution in [3.63, 3.8) is 0 Å². The SMILES string of the molecule is CC(C)CCCCCC(C(=O)O)C(O)(C(=O)O)C(CCCCCC(C)C)(CCCCCC(C)C)C(=O)O.CC(C)CCCCCOC(=O)CC(O)(CC(=O)OCCCCCC(C)C)C(=O)OCCCCCC(C)C. The van der Waals surface area contributed by atoms with Crippen LogP contribution in [-0.4, -0.2) is 92.4 Å². The molecule has 0 spiro atoms. The van der Waals surface area contributed by atoms with Gasteiger partial charge in [-0.15, -0.1) is 0 Å². The lowest BCUT2D eigenvalue weighted by atomic mass is 9.59. The maximum Gasteiger partial charge on any atom is 0.339 e. The molecule has 0 aliphatic heterocycles. The number of unbranched alkanes of at least 4 members (excludes halogenated alkanes) is 12. The van der Waals surface area contributed by atoms with E-state index in [0.29, 0.717) is 80.5 Å². The number of esters is 3. The quantitative estimate of drug-likeness (QED) is 0.0217. The van der Waals surface area contributed by atoms with Crippen LogP contribution < -0.4 is 0 Å². The van der Waals surface area contributed by atoms with Crippen molar-refractivity contribution in [2.24, 2.45) is 46.8 Å². The molecule has 74 heavy (non-hydrogen) atoms. The van der Waals surface area contributed by atoms with Gasteiger partial charge in [0, 0.05) is 0 Å². The van der Waals surface area contributed by atoms with Crippen LogP contribution >= 0.6 is 0 Å². The first-order valence-electron chi connectivity index (χ1n) is 29.3. The van der Waals surface area contributed by atoms with Crippen molar-refractivity contribution in [1.82, 2.24) is 0 Å². The second-order valence-electron chi connectivity index (χ2n) is 24.1. The largest absolute Gasteiger partial charge is 0.481 e. The molecule has 0 aliphatic carbocycles. The predicted octanol–water partition coefficient (Wildman–Crippen LogP) is 14.2. The fourth-order valence-corrected chi connectivity index (χ4v) is 9.42. The minimum Gasteiger partial charge on any atom is -0.481 e. The Morgan fingerprint density at radius 2 is 0.649 bits per heavy atom. The zero-order valence-electron chi connectivity index (χ0n) is 49.1. The molecular formula is C60H112O14. The Labute approximate surface area is 450 Å². The molecule has 0 rings (SSSR count). The monoisotopic (exact) mass is 1060 g/mol. The molecular weight excluding hydrogens is 945 g/mol. The van der Waals surface area contributed by atoms with Crippen molar-refractivity contribution in [2.75, 3.05) is 19.8 Å². The second-order valence-corrected chi connectivity index (χ2v) is 24.1. The van der Waals surface area contributed by atoms with Crippen molar-refractivity contribution >= 4 is 35.8 Å². The highest BCUT2D eigenvalue weighted by Crippen LogP contribution is 2.48. The number of aliphatic hydroxyl groups is 2. The first kappa shape index (κ1) is 72.8. The topological polar surface area (TPSA) is 231 Å². The molecule has 0 aromatic rings. The predicted molar refractivity (Wildman–Crippen MR) is 295 cm³/mol. The molecule has 0 amide bonds. The molecule has 0 aromatic carbocycles. The van der Waals surface area contributed by atoms with Gasteiger partial charge in [0.05, 0.1) is 38.6 Å². The third kappa shape index (κ3) is 33.7. The number of rotatable bonds is 46. The summed E-state index contributed by atoms with van der Waals surface area (Å²) in [5.74, 6) is -5.27. The van der Waals surface area contributed by atoms with Crippen LogP contribution in [-0.2, 0) is 43.0 Å². The van der Waals surface area contributed by atoms with Crippen molar-refractivity contribution in [2.45, 2.75) is 280 Å². The van der Waals surface area contributed by atoms with Crippen LogP contribution in [0.15, 0.2) is 0 Å². The Balaban J connectivity index is 0. The van der Waals surface area contributed by atoms with Gasteiger partial charge >= 0.3 is 35.8 Å². The summed E-state index contributed by atoms with van der Waals surface area (Å²) >= 11 is 0. The van der Waals surface area contributed by atoms with Gasteiger partial charge in [-0.1, -0.05) is 218 Å². The highest BCUT2D eigenvalue weighted by Gasteiger charge is 2.65. The molecule has 0 bridgehead atoms. The van der Waals surface area contributed by atoms with Gasteiger partial charge in [0.25, 0.3) is 0 Å². The molecule has 0 aliphatic rings. The van der Waals surface area contributed by atoms with Crippen LogP contribution in [0.3, 0.4) is 0 Å². The summed E-state index contributed by atoms with van der Waals surface area (Å²) in [4.78, 5) is 75.5. The lowest BCUT2D eigenvalue weighted by molar-refractivity contribution is -0.207. The van der Waals surface area contributed by atoms with Gasteiger partial charge in [0.1, 0.15) is 5.41 Å². The van der Waals surface area contributed by atoms with Gasteiger partial charge in [0.15, 0.2) is 11.2 Å². The van der Waals surface area contributed by atoms with Crippen LogP contribution in [0.1, 0.15) is 269 Å². The van der Waals surface area contributed by atoms with Gasteiger partial charge in [-0.25, -0.2) is 9.59 Å². The summed E-state index contributed by atoms with van der Waals surface area (Å²) in [6, 6.07) is 0. The Kier molecular flexibility index (Phi) is 41.2. The average molecular weight is 1060 g/mol. The van der Waals surface area contributed by atoms with E-state index in [1.807, 2.05) is 0 Å². The zero-order valence-corrected chi connectivity index (χ0v) is 49.1. The first-order chi connectivity index (χ1) is 34.7. The summed E-state index contributed by atoms with van der Waals surface area (Å²) < 4.78 is 15.8. The summed E-state index contributed by atoms with van der Waals surface area (Å²) in [7, 11) is 0. The first-order valence-corrected chi connectivity index (χ1v) is 29.3. The third-order valence-electron chi connectivity index (χ3n) is 14.1. The molecule has 14 nitrogen and oxygen atoms in total. The van der Waals surface area contributed by atoms with Gasteiger partial charge in [0.2, 0.25) is 0 Å². The molecule has 0 fully saturated rings. The number of aliphatic carboxylic acids is 3. The van der Waals surface area contributed by atoms with Crippen LogP contribution in [0.5, 0.6) is 0 Å². The van der Waals surface area contributed by atoms with Gasteiger partial charge in [-0.3, -0.25) is 19.2 Å². The molecule has 0 saturated heterocycles. The van der Waals surface area contributed by atoms with E-state index in [0.717, 1.165) is 109 Å². The van der Waals surface area contributed by atoms with Crippen LogP contribution in [0.4, 0.5) is 0 Å². The van der Waals surface area contributed by atoms with E-state index in [9.17, 15) is 54.3 Å². The Morgan fingerprint density at radius 1 is 0.365 bits per heavy atom. The number of carboxylic acids is 3. The molecule has 0 saturated carbocycles. The lowest BCUT2D eigenvalue weighted by Crippen LogP contribution is -2.64. The van der Waals surface area contributed by atoms with Crippen LogP contribution in [0.25, 0.3) is 0 Å². The number of carboxylic acid groups (broad SMARTS) is 3.